The monoisotopic (exact) mass is 309 g/mol. The van der Waals surface area contributed by atoms with E-state index in [4.69, 9.17) is 4.42 Å². The number of thioether (sulfide) groups is 1. The molecule has 2 aromatic carbocycles. The lowest BCUT2D eigenvalue weighted by Gasteiger charge is -1.95. The molecule has 0 fully saturated rings. The second-order valence-corrected chi connectivity index (χ2v) is 5.71. The molecule has 22 heavy (non-hydrogen) atoms. The Morgan fingerprint density at radius 2 is 1.86 bits per heavy atom. The highest BCUT2D eigenvalue weighted by Crippen LogP contribution is 2.14. The van der Waals surface area contributed by atoms with Crippen molar-refractivity contribution in [1.29, 1.82) is 0 Å². The van der Waals surface area contributed by atoms with Gasteiger partial charge in [-0.3, -0.25) is 0 Å². The molecule has 0 saturated heterocycles. The molecule has 3 rings (SSSR count). The molecule has 0 saturated carbocycles. The molecule has 1 heterocycles. The fourth-order valence-electron chi connectivity index (χ4n) is 2.17. The average Bonchev–Trinajstić information content (AvgIpc) is 2.89. The molecule has 0 aliphatic rings. The summed E-state index contributed by atoms with van der Waals surface area (Å²) in [5, 5.41) is 2.02. The molecule has 1 N–H and O–H groups in total. The summed E-state index contributed by atoms with van der Waals surface area (Å²) in [6.45, 7) is 3.94. The lowest BCUT2D eigenvalue weighted by Crippen LogP contribution is -2.20. The molecule has 4 heteroatoms. The Balaban J connectivity index is 2.20. The normalized spacial score (nSPS) is 13.4. The van der Waals surface area contributed by atoms with E-state index in [9.17, 15) is 4.79 Å². The van der Waals surface area contributed by atoms with Gasteiger partial charge in [0.25, 0.3) is 0 Å². The first-order chi connectivity index (χ1) is 10.7. The Kier molecular flexibility index (Phi) is 4.02. The van der Waals surface area contributed by atoms with Crippen molar-refractivity contribution in [3.63, 3.8) is 0 Å². The van der Waals surface area contributed by atoms with E-state index in [2.05, 4.69) is 11.6 Å². The number of benzene rings is 2. The average molecular weight is 309 g/mol. The summed E-state index contributed by atoms with van der Waals surface area (Å²) in [5.74, 6) is 0. The minimum absolute atomic E-state index is 0.382. The summed E-state index contributed by atoms with van der Waals surface area (Å²) in [5.41, 5.74) is 0.996. The van der Waals surface area contributed by atoms with Gasteiger partial charge in [-0.15, -0.1) is 11.8 Å². The lowest BCUT2D eigenvalue weighted by atomic mass is 10.2. The standard InChI is InChI=1S/C18H15NO2S/c1-12-5-3-4-6-15(12)17-19-16(18(20)21-17)11-13-7-9-14(22-2)10-8-13/h3-11,19H,1H2,2H3/b16-11-,17-15?. The largest absolute Gasteiger partial charge is 0.404 e. The van der Waals surface area contributed by atoms with Crippen molar-refractivity contribution in [2.24, 2.45) is 0 Å². The zero-order valence-electron chi connectivity index (χ0n) is 12.1. The van der Waals surface area contributed by atoms with Gasteiger partial charge in [0.2, 0.25) is 5.55 Å². The predicted octanol–water partition coefficient (Wildman–Crippen LogP) is 2.22. The minimum Gasteiger partial charge on any atom is -0.404 e. The molecule has 0 unspecified atom stereocenters. The van der Waals surface area contributed by atoms with Gasteiger partial charge in [-0.05, 0) is 41.3 Å². The van der Waals surface area contributed by atoms with E-state index in [1.54, 1.807) is 17.8 Å². The van der Waals surface area contributed by atoms with E-state index in [0.717, 1.165) is 16.0 Å². The van der Waals surface area contributed by atoms with E-state index < -0.39 is 0 Å². The van der Waals surface area contributed by atoms with Crippen molar-refractivity contribution < 1.29 is 4.42 Å². The molecule has 0 radical (unpaired) electrons. The van der Waals surface area contributed by atoms with Gasteiger partial charge in [0.15, 0.2) is 0 Å². The third kappa shape index (κ3) is 2.92. The van der Waals surface area contributed by atoms with Crippen LogP contribution in [0.3, 0.4) is 0 Å². The van der Waals surface area contributed by atoms with Gasteiger partial charge in [-0.1, -0.05) is 36.9 Å². The van der Waals surface area contributed by atoms with Crippen LogP contribution >= 0.6 is 11.8 Å². The number of H-pyrrole nitrogens is 1. The molecular formula is C18H15NO2S. The predicted molar refractivity (Wildman–Crippen MR) is 90.0 cm³/mol. The highest BCUT2D eigenvalue weighted by molar-refractivity contribution is 7.98. The Morgan fingerprint density at radius 3 is 2.55 bits per heavy atom. The van der Waals surface area contributed by atoms with Gasteiger partial charge in [0, 0.05) is 10.1 Å². The molecular weight excluding hydrogens is 294 g/mol. The third-order valence-electron chi connectivity index (χ3n) is 3.35. The first-order valence-electron chi connectivity index (χ1n) is 6.80. The van der Waals surface area contributed by atoms with Gasteiger partial charge in [0.1, 0.15) is 5.35 Å². The Hall–Kier alpha value is -2.46. The van der Waals surface area contributed by atoms with Crippen molar-refractivity contribution in [1.82, 2.24) is 4.98 Å². The van der Waals surface area contributed by atoms with Crippen molar-refractivity contribution in [3.8, 4) is 0 Å². The topological polar surface area (TPSA) is 46.0 Å². The van der Waals surface area contributed by atoms with Crippen LogP contribution in [-0.4, -0.2) is 11.2 Å². The molecule has 0 aliphatic heterocycles. The van der Waals surface area contributed by atoms with E-state index in [0.29, 0.717) is 10.9 Å². The van der Waals surface area contributed by atoms with Crippen LogP contribution in [0.4, 0.5) is 0 Å². The summed E-state index contributed by atoms with van der Waals surface area (Å²) < 4.78 is 5.31. The van der Waals surface area contributed by atoms with Gasteiger partial charge in [0.05, 0.1) is 0 Å². The summed E-state index contributed by atoms with van der Waals surface area (Å²) in [7, 11) is 0. The molecule has 0 amide bonds. The molecule has 0 spiro atoms. The maximum Gasteiger partial charge on any atom is 0.361 e. The highest BCUT2D eigenvalue weighted by Gasteiger charge is 1.98. The second-order valence-electron chi connectivity index (χ2n) is 4.83. The molecule has 0 aliphatic carbocycles. The van der Waals surface area contributed by atoms with Gasteiger partial charge < -0.3 is 9.40 Å². The van der Waals surface area contributed by atoms with E-state index in [1.807, 2.05) is 54.8 Å². The van der Waals surface area contributed by atoms with Crippen molar-refractivity contribution >= 4 is 24.4 Å². The molecule has 0 atom stereocenters. The molecule has 3 aromatic rings. The van der Waals surface area contributed by atoms with Gasteiger partial charge in [-0.2, -0.15) is 0 Å². The second kappa shape index (κ2) is 6.12. The molecule has 110 valence electrons. The third-order valence-corrected chi connectivity index (χ3v) is 4.10. The van der Waals surface area contributed by atoms with Crippen molar-refractivity contribution in [2.75, 3.05) is 6.26 Å². The molecule has 0 bridgehead atoms. The van der Waals surface area contributed by atoms with Gasteiger partial charge in [-0.25, -0.2) is 4.79 Å². The Labute approximate surface area is 131 Å². The van der Waals surface area contributed by atoms with Crippen LogP contribution in [0.25, 0.3) is 12.7 Å². The number of oxazole rings is 1. The summed E-state index contributed by atoms with van der Waals surface area (Å²) in [6, 6.07) is 15.5. The lowest BCUT2D eigenvalue weighted by molar-refractivity contribution is 0.489. The number of hydrogen-bond acceptors (Lipinski definition) is 3. The van der Waals surface area contributed by atoms with Crippen molar-refractivity contribution in [3.05, 3.63) is 85.8 Å². The highest BCUT2D eigenvalue weighted by atomic mass is 32.2. The molecule has 3 nitrogen and oxygen atoms in total. The minimum atomic E-state index is -0.382. The zero-order chi connectivity index (χ0) is 15.5. The number of aromatic nitrogens is 1. The number of hydrogen-bond donors (Lipinski definition) is 1. The van der Waals surface area contributed by atoms with Crippen molar-refractivity contribution in [2.45, 2.75) is 4.90 Å². The van der Waals surface area contributed by atoms with Crippen LogP contribution in [-0.2, 0) is 0 Å². The summed E-state index contributed by atoms with van der Waals surface area (Å²) in [6.07, 6.45) is 3.81. The Morgan fingerprint density at radius 1 is 1.14 bits per heavy atom. The van der Waals surface area contributed by atoms with Crippen LogP contribution in [0.2, 0.25) is 0 Å². The number of aromatic amines is 1. The van der Waals surface area contributed by atoms with Crippen LogP contribution in [0, 0.1) is 10.8 Å². The van der Waals surface area contributed by atoms with Crippen LogP contribution in [0.5, 0.6) is 0 Å². The van der Waals surface area contributed by atoms with Crippen LogP contribution in [0.15, 0.2) is 62.6 Å². The number of rotatable bonds is 2. The SMILES string of the molecule is C=c1ccccc1=c1[nH]/c(=C\c2ccc(SC)cc2)c(=O)o1. The summed E-state index contributed by atoms with van der Waals surface area (Å²) in [4.78, 5) is 16.2. The van der Waals surface area contributed by atoms with E-state index in [1.165, 1.54) is 4.90 Å². The fourth-order valence-corrected chi connectivity index (χ4v) is 2.58. The van der Waals surface area contributed by atoms with Crippen LogP contribution in [0.1, 0.15) is 5.56 Å². The zero-order valence-corrected chi connectivity index (χ0v) is 12.9. The quantitative estimate of drug-likeness (QED) is 0.738. The van der Waals surface area contributed by atoms with E-state index in [-0.39, 0.29) is 5.63 Å². The maximum absolute atomic E-state index is 12.0. The smallest absolute Gasteiger partial charge is 0.361 e. The summed E-state index contributed by atoms with van der Waals surface area (Å²) >= 11 is 1.68. The van der Waals surface area contributed by atoms with Crippen LogP contribution < -0.4 is 16.2 Å². The first-order valence-corrected chi connectivity index (χ1v) is 8.03. The van der Waals surface area contributed by atoms with E-state index >= 15 is 0 Å². The Bertz CT molecular complexity index is 1050. The fraction of sp³-hybridized carbons (Fsp3) is 0.0556. The maximum atomic E-state index is 12.0. The van der Waals surface area contributed by atoms with Gasteiger partial charge >= 0.3 is 5.63 Å². The molecule has 1 aromatic heterocycles. The first kappa shape index (κ1) is 14.5. The number of nitrogens with one attached hydrogen (secondary N) is 1.